The fourth-order valence-corrected chi connectivity index (χ4v) is 2.13. The highest BCUT2D eigenvalue weighted by Gasteiger charge is 2.12. The number of hydrogen-bond acceptors (Lipinski definition) is 2. The lowest BCUT2D eigenvalue weighted by Crippen LogP contribution is -2.38. The van der Waals surface area contributed by atoms with Crippen LogP contribution in [0.2, 0.25) is 0 Å². The Balaban J connectivity index is 1.96. The normalized spacial score (nSPS) is 11.8. The molecule has 0 aliphatic carbocycles. The molecule has 1 aromatic carbocycles. The van der Waals surface area contributed by atoms with E-state index in [9.17, 15) is 8.78 Å². The van der Waals surface area contributed by atoms with Gasteiger partial charge in [0.1, 0.15) is 5.82 Å². The fraction of sp³-hybridized carbons (Fsp3) is 0.333. The second kappa shape index (κ2) is 7.53. The summed E-state index contributed by atoms with van der Waals surface area (Å²) in [6, 6.07) is 9.94. The van der Waals surface area contributed by atoms with Crippen molar-refractivity contribution in [2.24, 2.45) is 4.99 Å². The van der Waals surface area contributed by atoms with Crippen molar-refractivity contribution >= 4 is 5.96 Å². The summed E-state index contributed by atoms with van der Waals surface area (Å²) in [6.07, 6.45) is 2.62. The number of nitrogens with zero attached hydrogens (tertiary/aromatic N) is 4. The molecule has 0 saturated carbocycles. The molecule has 1 aromatic heterocycles. The van der Waals surface area contributed by atoms with Crippen molar-refractivity contribution in [2.45, 2.75) is 19.6 Å². The second-order valence-corrected chi connectivity index (χ2v) is 4.77. The minimum atomic E-state index is -2.59. The summed E-state index contributed by atoms with van der Waals surface area (Å²) in [6.45, 7) is -1.74. The highest BCUT2D eigenvalue weighted by atomic mass is 19.3. The van der Waals surface area contributed by atoms with Gasteiger partial charge < -0.3 is 10.2 Å². The van der Waals surface area contributed by atoms with Gasteiger partial charge in [-0.3, -0.25) is 9.56 Å². The predicted molar refractivity (Wildman–Crippen MR) is 81.6 cm³/mol. The van der Waals surface area contributed by atoms with Crippen LogP contribution < -0.4 is 5.32 Å². The number of alkyl halides is 2. The third-order valence-corrected chi connectivity index (χ3v) is 3.20. The Bertz CT molecular complexity index is 609. The first-order valence-electron chi connectivity index (χ1n) is 6.87. The smallest absolute Gasteiger partial charge is 0.319 e. The zero-order valence-electron chi connectivity index (χ0n) is 12.6. The molecule has 0 unspecified atom stereocenters. The maximum absolute atomic E-state index is 12.8. The summed E-state index contributed by atoms with van der Waals surface area (Å²) >= 11 is 0. The topological polar surface area (TPSA) is 45.5 Å². The Kier molecular flexibility index (Phi) is 5.46. The van der Waals surface area contributed by atoms with Crippen LogP contribution in [0, 0.1) is 0 Å². The van der Waals surface area contributed by atoms with E-state index in [4.69, 9.17) is 0 Å². The summed E-state index contributed by atoms with van der Waals surface area (Å²) in [5.74, 6) is 0.886. The zero-order chi connectivity index (χ0) is 15.9. The van der Waals surface area contributed by atoms with Crippen LogP contribution in [0.1, 0.15) is 17.9 Å². The molecule has 2 rings (SSSR count). The highest BCUT2D eigenvalue weighted by molar-refractivity contribution is 5.79. The largest absolute Gasteiger partial charge is 0.349 e. The number of halogens is 2. The summed E-state index contributed by atoms with van der Waals surface area (Å²) in [7, 11) is 3.55. The van der Waals surface area contributed by atoms with Gasteiger partial charge in [0, 0.05) is 33.0 Å². The van der Waals surface area contributed by atoms with Crippen LogP contribution >= 0.6 is 0 Å². The van der Waals surface area contributed by atoms with Crippen molar-refractivity contribution in [3.63, 3.8) is 0 Å². The first-order valence-corrected chi connectivity index (χ1v) is 6.87. The number of imidazole rings is 1. The number of aliphatic imine (C=N–C) groups is 1. The molecule has 0 spiro atoms. The molecule has 0 radical (unpaired) electrons. The lowest BCUT2D eigenvalue weighted by atomic mass is 10.2. The standard InChI is InChI=1S/C15H19F2N5/c1-18-15(21(2)11-12-6-4-3-5-7-12)20-10-13-19-8-9-22(13)14(16)17/h3-9,14H,10-11H2,1-2H3,(H,18,20). The molecule has 0 saturated heterocycles. The quantitative estimate of drug-likeness (QED) is 0.682. The van der Waals surface area contributed by atoms with Crippen molar-refractivity contribution in [2.75, 3.05) is 14.1 Å². The third-order valence-electron chi connectivity index (χ3n) is 3.20. The number of rotatable bonds is 5. The van der Waals surface area contributed by atoms with Gasteiger partial charge in [0.25, 0.3) is 0 Å². The van der Waals surface area contributed by atoms with E-state index in [2.05, 4.69) is 15.3 Å². The molecule has 2 aromatic rings. The summed E-state index contributed by atoms with van der Waals surface area (Å²) < 4.78 is 26.4. The molecule has 22 heavy (non-hydrogen) atoms. The third kappa shape index (κ3) is 4.03. The lowest BCUT2D eigenvalue weighted by Gasteiger charge is -2.22. The van der Waals surface area contributed by atoms with Crippen LogP contribution in [-0.2, 0) is 13.1 Å². The predicted octanol–water partition coefficient (Wildman–Crippen LogP) is 2.49. The van der Waals surface area contributed by atoms with Crippen LogP contribution in [-0.4, -0.2) is 34.5 Å². The maximum atomic E-state index is 12.8. The van der Waals surface area contributed by atoms with Crippen molar-refractivity contribution in [1.29, 1.82) is 0 Å². The Morgan fingerprint density at radius 3 is 2.73 bits per heavy atom. The van der Waals surface area contributed by atoms with Crippen LogP contribution in [0.3, 0.4) is 0 Å². The van der Waals surface area contributed by atoms with Crippen molar-refractivity contribution < 1.29 is 8.78 Å². The van der Waals surface area contributed by atoms with E-state index < -0.39 is 6.55 Å². The van der Waals surface area contributed by atoms with Gasteiger partial charge >= 0.3 is 6.55 Å². The monoisotopic (exact) mass is 307 g/mol. The molecule has 5 nitrogen and oxygen atoms in total. The summed E-state index contributed by atoms with van der Waals surface area (Å²) in [4.78, 5) is 10.0. The summed E-state index contributed by atoms with van der Waals surface area (Å²) in [5.41, 5.74) is 1.14. The zero-order valence-corrected chi connectivity index (χ0v) is 12.6. The molecule has 0 aliphatic heterocycles. The summed E-state index contributed by atoms with van der Waals surface area (Å²) in [5, 5.41) is 3.05. The van der Waals surface area contributed by atoms with Gasteiger partial charge in [0.15, 0.2) is 5.96 Å². The molecular weight excluding hydrogens is 288 g/mol. The second-order valence-electron chi connectivity index (χ2n) is 4.77. The molecule has 0 bridgehead atoms. The molecule has 0 atom stereocenters. The number of nitrogens with one attached hydrogen (secondary N) is 1. The van der Waals surface area contributed by atoms with E-state index in [0.29, 0.717) is 12.5 Å². The highest BCUT2D eigenvalue weighted by Crippen LogP contribution is 2.12. The minimum absolute atomic E-state index is 0.184. The van der Waals surface area contributed by atoms with E-state index >= 15 is 0 Å². The average molecular weight is 307 g/mol. The first-order chi connectivity index (χ1) is 10.6. The van der Waals surface area contributed by atoms with Crippen LogP contribution in [0.25, 0.3) is 0 Å². The Morgan fingerprint density at radius 1 is 1.36 bits per heavy atom. The number of hydrogen-bond donors (Lipinski definition) is 1. The van der Waals surface area contributed by atoms with Gasteiger partial charge in [-0.15, -0.1) is 0 Å². The molecular formula is C15H19F2N5. The Hall–Kier alpha value is -2.44. The van der Waals surface area contributed by atoms with Crippen LogP contribution in [0.4, 0.5) is 8.78 Å². The minimum Gasteiger partial charge on any atom is -0.349 e. The van der Waals surface area contributed by atoms with Gasteiger partial charge in [-0.2, -0.15) is 8.78 Å². The number of guanidine groups is 1. The van der Waals surface area contributed by atoms with E-state index in [1.807, 2.05) is 42.3 Å². The van der Waals surface area contributed by atoms with Crippen LogP contribution in [0.5, 0.6) is 0 Å². The van der Waals surface area contributed by atoms with Gasteiger partial charge in [0.05, 0.1) is 6.54 Å². The van der Waals surface area contributed by atoms with E-state index in [-0.39, 0.29) is 12.4 Å². The van der Waals surface area contributed by atoms with Gasteiger partial charge in [-0.05, 0) is 5.56 Å². The van der Waals surface area contributed by atoms with E-state index in [1.54, 1.807) is 7.05 Å². The Morgan fingerprint density at radius 2 is 2.09 bits per heavy atom. The molecule has 7 heteroatoms. The van der Waals surface area contributed by atoms with Crippen molar-refractivity contribution in [1.82, 2.24) is 19.8 Å². The molecule has 1 N–H and O–H groups in total. The van der Waals surface area contributed by atoms with Crippen molar-refractivity contribution in [3.8, 4) is 0 Å². The molecule has 118 valence electrons. The Labute approximate surface area is 128 Å². The molecule has 0 fully saturated rings. The lowest BCUT2D eigenvalue weighted by molar-refractivity contribution is 0.0668. The molecule has 0 amide bonds. The van der Waals surface area contributed by atoms with E-state index in [1.165, 1.54) is 12.4 Å². The number of benzene rings is 1. The maximum Gasteiger partial charge on any atom is 0.319 e. The fourth-order valence-electron chi connectivity index (χ4n) is 2.13. The average Bonchev–Trinajstić information content (AvgIpc) is 2.97. The van der Waals surface area contributed by atoms with Gasteiger partial charge in [-0.25, -0.2) is 4.98 Å². The van der Waals surface area contributed by atoms with Gasteiger partial charge in [0.2, 0.25) is 0 Å². The molecule has 0 aliphatic rings. The van der Waals surface area contributed by atoms with Crippen molar-refractivity contribution in [3.05, 3.63) is 54.1 Å². The SMILES string of the molecule is CN=C(NCc1nccn1C(F)F)N(C)Cc1ccccc1. The van der Waals surface area contributed by atoms with Gasteiger partial charge in [-0.1, -0.05) is 30.3 Å². The molecule has 1 heterocycles. The van der Waals surface area contributed by atoms with Crippen LogP contribution in [0.15, 0.2) is 47.7 Å². The van der Waals surface area contributed by atoms with E-state index in [0.717, 1.165) is 10.1 Å². The first kappa shape index (κ1) is 15.9. The number of aromatic nitrogens is 2.